The third kappa shape index (κ3) is 3.94. The number of hydrogen-bond donors (Lipinski definition) is 1. The molecule has 2 aromatic carbocycles. The Balaban J connectivity index is 1.90. The number of rotatable bonds is 7. The molecule has 6 heteroatoms. The van der Waals surface area contributed by atoms with Crippen LogP contribution in [0.25, 0.3) is 27.7 Å². The summed E-state index contributed by atoms with van der Waals surface area (Å²) in [6.07, 6.45) is -1.27. The van der Waals surface area contributed by atoms with E-state index in [0.29, 0.717) is 5.56 Å². The highest BCUT2D eigenvalue weighted by Gasteiger charge is 2.26. The van der Waals surface area contributed by atoms with Crippen LogP contribution < -0.4 is 10.1 Å². The first-order valence-corrected chi connectivity index (χ1v) is 9.43. The van der Waals surface area contributed by atoms with Gasteiger partial charge in [-0.3, -0.25) is 0 Å². The Morgan fingerprint density at radius 3 is 3.10 bits per heavy atom. The smallest absolute Gasteiger partial charge is 0.256 e. The van der Waals surface area contributed by atoms with E-state index in [1.54, 1.807) is 6.92 Å². The monoisotopic (exact) mass is 412 g/mol. The predicted molar refractivity (Wildman–Crippen MR) is 117 cm³/mol. The molecule has 1 aromatic heterocycles. The largest absolute Gasteiger partial charge is 0.502 e. The molecule has 1 atom stereocenters. The molecule has 0 unspecified atom stereocenters. The molecule has 0 fully saturated rings. The number of hydrogen-bond acceptors (Lipinski definition) is 5. The van der Waals surface area contributed by atoms with Crippen LogP contribution in [-0.2, 0) is 6.42 Å². The highest BCUT2D eigenvalue weighted by Crippen LogP contribution is 2.38. The molecule has 0 spiro atoms. The second-order valence-electron chi connectivity index (χ2n) is 6.71. The Morgan fingerprint density at radius 2 is 2.33 bits per heavy atom. The summed E-state index contributed by atoms with van der Waals surface area (Å²) in [6.45, 7) is 9.95. The molecular weight excluding hydrogens is 376 g/mol. The molecule has 1 aliphatic carbocycles. The summed E-state index contributed by atoms with van der Waals surface area (Å²) >= 11 is 0. The standard InChI is InChI=1S/C24H26N4O2/c1-5-13-26-20-11-10-17-18(20)7-6-8-19(17)23-27-24(30-28-23)16-9-12-22(29-15(2)3)21(14-16)25-4/h6-9,12,14-15,20,26H,5,10-11,13H2,1-3H3/t20-/m0/s1/i6D,7D,8D,9D,12D,13D2,14D,15D,20D. The summed E-state index contributed by atoms with van der Waals surface area (Å²) in [6, 6.07) is -4.67. The second-order valence-corrected chi connectivity index (χ2v) is 6.71. The molecule has 1 N–H and O–H groups in total. The first-order chi connectivity index (χ1) is 18.5. The van der Waals surface area contributed by atoms with E-state index in [-0.39, 0.29) is 47.8 Å². The molecule has 30 heavy (non-hydrogen) atoms. The van der Waals surface area contributed by atoms with Crippen LogP contribution in [0.3, 0.4) is 0 Å². The molecule has 1 heterocycles. The lowest BCUT2D eigenvalue weighted by Gasteiger charge is -2.13. The molecule has 6 nitrogen and oxygen atoms in total. The third-order valence-electron chi connectivity index (χ3n) is 4.36. The van der Waals surface area contributed by atoms with Crippen LogP contribution in [0.2, 0.25) is 0 Å². The van der Waals surface area contributed by atoms with Crippen molar-refractivity contribution in [2.24, 2.45) is 0 Å². The average molecular weight is 413 g/mol. The molecule has 1 aliphatic rings. The van der Waals surface area contributed by atoms with Gasteiger partial charge in [0.05, 0.1) is 22.2 Å². The van der Waals surface area contributed by atoms with Gasteiger partial charge in [-0.1, -0.05) is 30.2 Å². The van der Waals surface area contributed by atoms with Crippen molar-refractivity contribution < 1.29 is 23.0 Å². The van der Waals surface area contributed by atoms with E-state index < -0.39 is 66.1 Å². The van der Waals surface area contributed by atoms with Crippen LogP contribution in [0.5, 0.6) is 5.75 Å². The minimum absolute atomic E-state index is 0.00412. The van der Waals surface area contributed by atoms with Gasteiger partial charge in [-0.25, -0.2) is 4.85 Å². The first kappa shape index (κ1) is 11.3. The van der Waals surface area contributed by atoms with Gasteiger partial charge in [0.2, 0.25) is 11.5 Å². The van der Waals surface area contributed by atoms with E-state index in [9.17, 15) is 0 Å². The number of nitrogens with one attached hydrogen (secondary N) is 1. The lowest BCUT2D eigenvalue weighted by Crippen LogP contribution is -2.19. The van der Waals surface area contributed by atoms with Crippen LogP contribution in [0.15, 0.2) is 40.8 Å². The Morgan fingerprint density at radius 1 is 1.47 bits per heavy atom. The average Bonchev–Trinajstić information content (AvgIpc) is 3.45. The molecule has 0 bridgehead atoms. The zero-order valence-corrected chi connectivity index (χ0v) is 16.8. The van der Waals surface area contributed by atoms with Gasteiger partial charge in [0.15, 0.2) is 0 Å². The molecule has 3 aromatic rings. The van der Waals surface area contributed by atoms with Crippen molar-refractivity contribution in [2.75, 3.05) is 6.50 Å². The molecule has 0 saturated carbocycles. The maximum Gasteiger partial charge on any atom is 0.256 e. The van der Waals surface area contributed by atoms with Gasteiger partial charge in [0.1, 0.15) is 5.75 Å². The van der Waals surface area contributed by atoms with Gasteiger partial charge in [-0.2, -0.15) is 4.98 Å². The normalized spacial score (nSPS) is 23.3. The van der Waals surface area contributed by atoms with Crippen molar-refractivity contribution in [2.45, 2.75) is 52.1 Å². The van der Waals surface area contributed by atoms with Gasteiger partial charge in [0, 0.05) is 21.3 Å². The maximum absolute atomic E-state index is 8.93. The van der Waals surface area contributed by atoms with Gasteiger partial charge >= 0.3 is 0 Å². The van der Waals surface area contributed by atoms with Gasteiger partial charge < -0.3 is 14.6 Å². The summed E-state index contributed by atoms with van der Waals surface area (Å²) in [5, 5.41) is 6.52. The maximum atomic E-state index is 8.93. The Hall–Kier alpha value is -3.17. The minimum atomic E-state index is -1.92. The molecular formula is C24H26N4O2. The van der Waals surface area contributed by atoms with Crippen LogP contribution in [0.1, 0.15) is 64.5 Å². The molecule has 0 aliphatic heterocycles. The van der Waals surface area contributed by atoms with E-state index in [4.69, 9.17) is 29.5 Å². The Bertz CT molecular complexity index is 1560. The predicted octanol–water partition coefficient (Wildman–Crippen LogP) is 5.73. The first-order valence-electron chi connectivity index (χ1n) is 14.4. The number of nitrogens with zero attached hydrogens (tertiary/aromatic N) is 3. The van der Waals surface area contributed by atoms with Crippen molar-refractivity contribution in [1.29, 1.82) is 0 Å². The van der Waals surface area contributed by atoms with Crippen molar-refractivity contribution in [1.82, 2.24) is 15.5 Å². The fraction of sp³-hybridized carbons (Fsp3) is 0.375. The SMILES string of the molecule is [2H]c1c([2H])c(-c2noc(-c3c([2H])c([2H])c(OC([2H])(C)C)c([N+]#[C-])c3[2H])n2)c2c(c1[2H])[C@@]([2H])(NC([2H])([2H])CC)CC2. The lowest BCUT2D eigenvalue weighted by molar-refractivity contribution is 0.244. The highest BCUT2D eigenvalue weighted by atomic mass is 16.5. The molecule has 0 amide bonds. The quantitative estimate of drug-likeness (QED) is 0.502. The second kappa shape index (κ2) is 8.68. The zero-order chi connectivity index (χ0) is 29.9. The summed E-state index contributed by atoms with van der Waals surface area (Å²) < 4.78 is 94.4. The van der Waals surface area contributed by atoms with E-state index in [1.807, 2.05) is 0 Å². The third-order valence-corrected chi connectivity index (χ3v) is 4.36. The summed E-state index contributed by atoms with van der Waals surface area (Å²) in [5.41, 5.74) is -0.388. The van der Waals surface area contributed by atoms with Crippen molar-refractivity contribution in [3.63, 3.8) is 0 Å². The topological polar surface area (TPSA) is 64.5 Å². The molecule has 154 valence electrons. The molecule has 4 rings (SSSR count). The fourth-order valence-corrected chi connectivity index (χ4v) is 3.10. The van der Waals surface area contributed by atoms with Crippen LogP contribution in [-0.4, -0.2) is 22.7 Å². The number of aromatic nitrogens is 2. The lowest BCUT2D eigenvalue weighted by atomic mass is 10.0. The Labute approximate surface area is 191 Å². The van der Waals surface area contributed by atoms with E-state index in [0.717, 1.165) is 0 Å². The Kier molecular flexibility index (Phi) is 3.27. The van der Waals surface area contributed by atoms with E-state index >= 15 is 0 Å². The van der Waals surface area contributed by atoms with Gasteiger partial charge in [-0.15, -0.1) is 0 Å². The van der Waals surface area contributed by atoms with Crippen molar-refractivity contribution in [3.8, 4) is 28.6 Å². The van der Waals surface area contributed by atoms with Crippen LogP contribution in [0, 0.1) is 6.57 Å². The highest BCUT2D eigenvalue weighted by molar-refractivity contribution is 5.70. The van der Waals surface area contributed by atoms with Gasteiger partial charge in [0.25, 0.3) is 5.89 Å². The molecule has 0 saturated heterocycles. The van der Waals surface area contributed by atoms with Crippen molar-refractivity contribution in [3.05, 3.63) is 58.8 Å². The minimum Gasteiger partial charge on any atom is -0.502 e. The number of benzene rings is 2. The number of ether oxygens (including phenoxy) is 1. The fourth-order valence-electron chi connectivity index (χ4n) is 3.10. The van der Waals surface area contributed by atoms with E-state index in [2.05, 4.69) is 20.3 Å². The van der Waals surface area contributed by atoms with Crippen molar-refractivity contribution >= 4 is 5.69 Å². The van der Waals surface area contributed by atoms with E-state index in [1.165, 1.54) is 13.8 Å². The van der Waals surface area contributed by atoms with Crippen LogP contribution in [0.4, 0.5) is 5.69 Å². The number of fused-ring (bicyclic) bond motifs is 1. The van der Waals surface area contributed by atoms with Gasteiger partial charge in [-0.05, 0) is 68.9 Å². The summed E-state index contributed by atoms with van der Waals surface area (Å²) in [4.78, 5) is 7.51. The summed E-state index contributed by atoms with van der Waals surface area (Å²) in [7, 11) is 0. The summed E-state index contributed by atoms with van der Waals surface area (Å²) in [5.74, 6) is -1.00. The molecule has 0 radical (unpaired) electrons. The zero-order valence-electron chi connectivity index (χ0n) is 26.8. The van der Waals surface area contributed by atoms with Crippen LogP contribution >= 0.6 is 0 Å².